The minimum Gasteiger partial charge on any atom is -0.368 e. The topological polar surface area (TPSA) is 61.9 Å². The van der Waals surface area contributed by atoms with Crippen molar-refractivity contribution in [1.29, 1.82) is 0 Å². The molecule has 0 bridgehead atoms. The van der Waals surface area contributed by atoms with Crippen molar-refractivity contribution in [1.82, 2.24) is 15.1 Å². The summed E-state index contributed by atoms with van der Waals surface area (Å²) in [6, 6.07) is 4.03. The fourth-order valence-corrected chi connectivity index (χ4v) is 3.73. The number of hydrogen-bond acceptors (Lipinski definition) is 4. The van der Waals surface area contributed by atoms with Gasteiger partial charge in [-0.2, -0.15) is 0 Å². The van der Waals surface area contributed by atoms with E-state index in [9.17, 15) is 14.0 Å². The zero-order valence-corrected chi connectivity index (χ0v) is 15.5. The standard InChI is InChI=1S/C18H23ClFN3O3/c1-26-18(4-6-21-7-5-18)17(25)23-10-8-22(9-11-23)16(24)14-3-2-13(19)12-15(14)20/h2-3,12,21H,4-11H2,1H3. The van der Waals surface area contributed by atoms with Gasteiger partial charge in [0.2, 0.25) is 0 Å². The number of halogens is 2. The number of piperazine rings is 1. The van der Waals surface area contributed by atoms with Gasteiger partial charge in [0.15, 0.2) is 0 Å². The lowest BCUT2D eigenvalue weighted by Crippen LogP contribution is -2.59. The van der Waals surface area contributed by atoms with Crippen molar-refractivity contribution in [3.63, 3.8) is 0 Å². The van der Waals surface area contributed by atoms with Gasteiger partial charge in [-0.3, -0.25) is 9.59 Å². The monoisotopic (exact) mass is 383 g/mol. The molecule has 1 N–H and O–H groups in total. The van der Waals surface area contributed by atoms with E-state index in [0.717, 1.165) is 19.2 Å². The van der Waals surface area contributed by atoms with Crippen LogP contribution in [0.15, 0.2) is 18.2 Å². The molecule has 0 aliphatic carbocycles. The van der Waals surface area contributed by atoms with Gasteiger partial charge >= 0.3 is 0 Å². The Morgan fingerprint density at radius 1 is 1.15 bits per heavy atom. The summed E-state index contributed by atoms with van der Waals surface area (Å²) in [5.41, 5.74) is -0.777. The van der Waals surface area contributed by atoms with Gasteiger partial charge in [-0.25, -0.2) is 4.39 Å². The number of benzene rings is 1. The highest BCUT2D eigenvalue weighted by molar-refractivity contribution is 6.30. The minimum atomic E-state index is -0.778. The summed E-state index contributed by atoms with van der Waals surface area (Å²) < 4.78 is 19.6. The molecule has 2 heterocycles. The van der Waals surface area contributed by atoms with E-state index in [1.807, 2.05) is 0 Å². The van der Waals surface area contributed by atoms with Crippen LogP contribution in [-0.4, -0.2) is 73.6 Å². The number of piperidine rings is 1. The third-order valence-electron chi connectivity index (χ3n) is 5.21. The smallest absolute Gasteiger partial charge is 0.256 e. The first kappa shape index (κ1) is 19.1. The normalized spacial score (nSPS) is 20.1. The highest BCUT2D eigenvalue weighted by Crippen LogP contribution is 2.26. The molecule has 2 aliphatic rings. The lowest BCUT2D eigenvalue weighted by Gasteiger charge is -2.42. The fourth-order valence-electron chi connectivity index (χ4n) is 3.57. The molecule has 0 aromatic heterocycles. The third kappa shape index (κ3) is 3.70. The van der Waals surface area contributed by atoms with Crippen LogP contribution in [0.3, 0.4) is 0 Å². The Balaban J connectivity index is 1.63. The van der Waals surface area contributed by atoms with Gasteiger partial charge in [0.1, 0.15) is 11.4 Å². The molecule has 0 atom stereocenters. The van der Waals surface area contributed by atoms with E-state index in [4.69, 9.17) is 16.3 Å². The number of ether oxygens (including phenoxy) is 1. The Bertz CT molecular complexity index is 686. The van der Waals surface area contributed by atoms with Gasteiger partial charge < -0.3 is 19.9 Å². The molecule has 6 nitrogen and oxygen atoms in total. The molecule has 2 aliphatic heterocycles. The van der Waals surface area contributed by atoms with Gasteiger partial charge in [-0.05, 0) is 44.1 Å². The highest BCUT2D eigenvalue weighted by Gasteiger charge is 2.43. The number of nitrogens with one attached hydrogen (secondary N) is 1. The van der Waals surface area contributed by atoms with Crippen LogP contribution >= 0.6 is 11.6 Å². The average molecular weight is 384 g/mol. The Labute approximate surface area is 157 Å². The highest BCUT2D eigenvalue weighted by atomic mass is 35.5. The van der Waals surface area contributed by atoms with Crippen LogP contribution in [0.2, 0.25) is 5.02 Å². The van der Waals surface area contributed by atoms with E-state index in [2.05, 4.69) is 5.32 Å². The molecule has 8 heteroatoms. The number of rotatable bonds is 3. The van der Waals surface area contributed by atoms with Gasteiger partial charge in [-0.1, -0.05) is 11.6 Å². The van der Waals surface area contributed by atoms with Crippen LogP contribution in [0.5, 0.6) is 0 Å². The van der Waals surface area contributed by atoms with E-state index in [0.29, 0.717) is 39.0 Å². The number of carbonyl (C=O) groups excluding carboxylic acids is 2. The van der Waals surface area contributed by atoms with Crippen molar-refractivity contribution in [2.75, 3.05) is 46.4 Å². The van der Waals surface area contributed by atoms with Gasteiger partial charge in [0.25, 0.3) is 11.8 Å². The first-order chi connectivity index (χ1) is 12.5. The number of hydrogen-bond donors (Lipinski definition) is 1. The summed E-state index contributed by atoms with van der Waals surface area (Å²) in [4.78, 5) is 28.8. The molecule has 3 rings (SSSR count). The zero-order valence-electron chi connectivity index (χ0n) is 14.8. The lowest BCUT2D eigenvalue weighted by atomic mass is 9.90. The molecule has 0 unspecified atom stereocenters. The molecule has 0 spiro atoms. The number of amides is 2. The molecule has 2 saturated heterocycles. The molecule has 26 heavy (non-hydrogen) atoms. The van der Waals surface area contributed by atoms with Crippen molar-refractivity contribution >= 4 is 23.4 Å². The van der Waals surface area contributed by atoms with Crippen molar-refractivity contribution < 1.29 is 18.7 Å². The van der Waals surface area contributed by atoms with Crippen molar-refractivity contribution in [2.24, 2.45) is 0 Å². The molecule has 142 valence electrons. The summed E-state index contributed by atoms with van der Waals surface area (Å²) >= 11 is 5.74. The maximum Gasteiger partial charge on any atom is 0.256 e. The van der Waals surface area contributed by atoms with Crippen LogP contribution in [0.25, 0.3) is 0 Å². The SMILES string of the molecule is COC1(C(=O)N2CCN(C(=O)c3ccc(Cl)cc3F)CC2)CCNCC1. The van der Waals surface area contributed by atoms with Gasteiger partial charge in [0.05, 0.1) is 5.56 Å². The third-order valence-corrected chi connectivity index (χ3v) is 5.44. The molecule has 1 aromatic carbocycles. The van der Waals surface area contributed by atoms with E-state index in [1.165, 1.54) is 12.1 Å². The maximum atomic E-state index is 14.0. The van der Waals surface area contributed by atoms with Crippen LogP contribution in [0.1, 0.15) is 23.2 Å². The first-order valence-corrected chi connectivity index (χ1v) is 9.14. The van der Waals surface area contributed by atoms with Crippen molar-refractivity contribution in [3.05, 3.63) is 34.6 Å². The second-order valence-electron chi connectivity index (χ2n) is 6.66. The van der Waals surface area contributed by atoms with Crippen LogP contribution in [0.4, 0.5) is 4.39 Å². The average Bonchev–Trinajstić information content (AvgIpc) is 2.67. The Kier molecular flexibility index (Phi) is 5.79. The first-order valence-electron chi connectivity index (χ1n) is 8.76. The minimum absolute atomic E-state index is 0.000827. The second-order valence-corrected chi connectivity index (χ2v) is 7.09. The molecule has 0 radical (unpaired) electrons. The molecular formula is C18H23ClFN3O3. The predicted octanol–water partition coefficient (Wildman–Crippen LogP) is 1.53. The van der Waals surface area contributed by atoms with Crippen molar-refractivity contribution in [2.45, 2.75) is 18.4 Å². The summed E-state index contributed by atoms with van der Waals surface area (Å²) in [6.07, 6.45) is 1.27. The molecule has 2 amide bonds. The number of carbonyl (C=O) groups is 2. The summed E-state index contributed by atoms with van der Waals surface area (Å²) in [7, 11) is 1.58. The van der Waals surface area contributed by atoms with Gasteiger partial charge in [-0.15, -0.1) is 0 Å². The van der Waals surface area contributed by atoms with Gasteiger partial charge in [0, 0.05) is 38.3 Å². The number of nitrogens with zero attached hydrogens (tertiary/aromatic N) is 2. The summed E-state index contributed by atoms with van der Waals surface area (Å²) in [5, 5.41) is 3.48. The van der Waals surface area contributed by atoms with Crippen molar-refractivity contribution in [3.8, 4) is 0 Å². The van der Waals surface area contributed by atoms with Crippen LogP contribution in [0, 0.1) is 5.82 Å². The van der Waals surface area contributed by atoms with E-state index < -0.39 is 11.4 Å². The zero-order chi connectivity index (χ0) is 18.7. The largest absolute Gasteiger partial charge is 0.368 e. The van der Waals surface area contributed by atoms with E-state index in [-0.39, 0.29) is 22.4 Å². The number of methoxy groups -OCH3 is 1. The summed E-state index contributed by atoms with van der Waals surface area (Å²) in [6.45, 7) is 3.05. The molecule has 1 aromatic rings. The maximum absolute atomic E-state index is 14.0. The molecular weight excluding hydrogens is 361 g/mol. The lowest BCUT2D eigenvalue weighted by molar-refractivity contribution is -0.159. The van der Waals surface area contributed by atoms with Crippen LogP contribution < -0.4 is 5.32 Å². The van der Waals surface area contributed by atoms with E-state index >= 15 is 0 Å². The summed E-state index contributed by atoms with van der Waals surface area (Å²) in [5.74, 6) is -1.03. The molecule has 0 saturated carbocycles. The van der Waals surface area contributed by atoms with E-state index in [1.54, 1.807) is 16.9 Å². The molecule has 2 fully saturated rings. The second kappa shape index (κ2) is 7.90. The predicted molar refractivity (Wildman–Crippen MR) is 95.7 cm³/mol. The fraction of sp³-hybridized carbons (Fsp3) is 0.556. The Morgan fingerprint density at radius 2 is 1.77 bits per heavy atom. The Morgan fingerprint density at radius 3 is 2.35 bits per heavy atom. The Hall–Kier alpha value is -1.70. The van der Waals surface area contributed by atoms with Crippen LogP contribution in [-0.2, 0) is 9.53 Å². The quantitative estimate of drug-likeness (QED) is 0.860.